The highest BCUT2D eigenvalue weighted by atomic mass is 32.2. The van der Waals surface area contributed by atoms with Gasteiger partial charge in [0.05, 0.1) is 18.4 Å². The van der Waals surface area contributed by atoms with E-state index in [0.29, 0.717) is 0 Å². The molecule has 0 saturated carbocycles. The average molecular weight is 250 g/mol. The summed E-state index contributed by atoms with van der Waals surface area (Å²) in [6.07, 6.45) is 5.46. The Hall–Kier alpha value is -1.39. The minimum absolute atomic E-state index is 0.106. The highest BCUT2D eigenvalue weighted by molar-refractivity contribution is 8.01. The lowest BCUT2D eigenvalue weighted by atomic mass is 9.85. The van der Waals surface area contributed by atoms with Crippen LogP contribution in [0.25, 0.3) is 0 Å². The Morgan fingerprint density at radius 3 is 2.35 bits per heavy atom. The summed E-state index contributed by atoms with van der Waals surface area (Å²) in [7, 11) is 0. The molecule has 0 aliphatic carbocycles. The molecule has 4 atom stereocenters. The molecule has 4 unspecified atom stereocenters. The summed E-state index contributed by atoms with van der Waals surface area (Å²) in [4.78, 5) is 38.8. The van der Waals surface area contributed by atoms with Gasteiger partial charge in [-0.3, -0.25) is 14.5 Å². The summed E-state index contributed by atoms with van der Waals surface area (Å²) < 4.78 is 0. The van der Waals surface area contributed by atoms with Gasteiger partial charge in [0.15, 0.2) is 0 Å². The van der Waals surface area contributed by atoms with Crippen molar-refractivity contribution >= 4 is 29.7 Å². The van der Waals surface area contributed by atoms with Crippen molar-refractivity contribution in [2.45, 2.75) is 10.5 Å². The van der Waals surface area contributed by atoms with E-state index in [2.05, 4.69) is 4.99 Å². The molecule has 0 aromatic rings. The van der Waals surface area contributed by atoms with E-state index in [9.17, 15) is 14.4 Å². The number of nitrogens with zero attached hydrogens (tertiary/aromatic N) is 2. The van der Waals surface area contributed by atoms with Gasteiger partial charge in [-0.15, -0.1) is 11.8 Å². The Morgan fingerprint density at radius 2 is 1.82 bits per heavy atom. The van der Waals surface area contributed by atoms with Crippen LogP contribution in [0.2, 0.25) is 0 Å². The molecule has 3 aliphatic heterocycles. The molecule has 2 amide bonds. The molecule has 3 rings (SSSR count). The van der Waals surface area contributed by atoms with Crippen molar-refractivity contribution in [2.75, 3.05) is 13.1 Å². The maximum Gasteiger partial charge on any atom is 0.235 e. The Morgan fingerprint density at radius 1 is 1.24 bits per heavy atom. The lowest BCUT2D eigenvalue weighted by Crippen LogP contribution is -2.35. The summed E-state index contributed by atoms with van der Waals surface area (Å²) >= 11 is 1.70. The predicted molar refractivity (Wildman–Crippen MR) is 61.0 cm³/mol. The number of thioether (sulfide) groups is 1. The lowest BCUT2D eigenvalue weighted by molar-refractivity contribution is -0.139. The normalized spacial score (nSPS) is 37.5. The summed E-state index contributed by atoms with van der Waals surface area (Å²) in [5.41, 5.74) is 0. The molecule has 6 heteroatoms. The van der Waals surface area contributed by atoms with Crippen LogP contribution in [-0.4, -0.2) is 46.4 Å². The van der Waals surface area contributed by atoms with Crippen LogP contribution < -0.4 is 0 Å². The fourth-order valence-corrected chi connectivity index (χ4v) is 4.42. The van der Waals surface area contributed by atoms with E-state index < -0.39 is 0 Å². The zero-order chi connectivity index (χ0) is 12.0. The van der Waals surface area contributed by atoms with Gasteiger partial charge in [-0.05, 0) is 0 Å². The van der Waals surface area contributed by atoms with E-state index in [-0.39, 0.29) is 47.2 Å². The smallest absolute Gasteiger partial charge is 0.235 e. The molecule has 0 N–H and O–H groups in total. The number of rotatable bonds is 3. The van der Waals surface area contributed by atoms with Crippen LogP contribution >= 0.6 is 11.8 Å². The van der Waals surface area contributed by atoms with Crippen molar-refractivity contribution in [2.24, 2.45) is 16.8 Å². The Balaban J connectivity index is 1.80. The van der Waals surface area contributed by atoms with E-state index >= 15 is 0 Å². The minimum atomic E-state index is -0.192. The topological polar surface area (TPSA) is 66.8 Å². The number of fused-ring (bicyclic) bond motifs is 5. The molecule has 17 heavy (non-hydrogen) atoms. The van der Waals surface area contributed by atoms with Crippen molar-refractivity contribution in [1.82, 2.24) is 4.90 Å². The van der Waals surface area contributed by atoms with Gasteiger partial charge in [0.1, 0.15) is 0 Å². The molecule has 2 saturated heterocycles. The lowest BCUT2D eigenvalue weighted by Gasteiger charge is -2.15. The van der Waals surface area contributed by atoms with E-state index in [1.807, 2.05) is 12.2 Å². The summed E-state index contributed by atoms with van der Waals surface area (Å²) in [5.74, 6) is -0.596. The van der Waals surface area contributed by atoms with Gasteiger partial charge in [-0.25, -0.2) is 9.79 Å². The van der Waals surface area contributed by atoms with E-state index in [1.165, 1.54) is 11.0 Å². The van der Waals surface area contributed by atoms with Crippen LogP contribution in [-0.2, 0) is 14.4 Å². The molecule has 3 heterocycles. The second kappa shape index (κ2) is 3.82. The summed E-state index contributed by atoms with van der Waals surface area (Å²) in [6.45, 7) is 0.348. The molecule has 0 spiro atoms. The molecule has 3 aliphatic rings. The number of hydrogen-bond acceptors (Lipinski definition) is 5. The first-order valence-electron chi connectivity index (χ1n) is 5.46. The minimum Gasteiger partial charge on any atom is -0.280 e. The first kappa shape index (κ1) is 10.7. The van der Waals surface area contributed by atoms with Gasteiger partial charge in [0.25, 0.3) is 0 Å². The largest absolute Gasteiger partial charge is 0.280 e. The first-order valence-corrected chi connectivity index (χ1v) is 6.41. The third kappa shape index (κ3) is 1.41. The van der Waals surface area contributed by atoms with Crippen molar-refractivity contribution in [1.29, 1.82) is 0 Å². The van der Waals surface area contributed by atoms with E-state index in [0.717, 1.165) is 0 Å². The molecule has 2 fully saturated rings. The van der Waals surface area contributed by atoms with Gasteiger partial charge in [0.2, 0.25) is 17.9 Å². The fourth-order valence-electron chi connectivity index (χ4n) is 2.78. The average Bonchev–Trinajstić information content (AvgIpc) is 2.97. The molecular formula is C11H10N2O3S. The van der Waals surface area contributed by atoms with Crippen LogP contribution in [0.4, 0.5) is 0 Å². The number of aliphatic imine (C=N–C) groups is 1. The van der Waals surface area contributed by atoms with Crippen LogP contribution in [0.15, 0.2) is 17.1 Å². The summed E-state index contributed by atoms with van der Waals surface area (Å²) in [5, 5.41) is 0.307. The van der Waals surface area contributed by atoms with Gasteiger partial charge in [0, 0.05) is 17.0 Å². The predicted octanol–water partition coefficient (Wildman–Crippen LogP) is -0.0228. The van der Waals surface area contributed by atoms with Crippen molar-refractivity contribution in [3.8, 4) is 0 Å². The number of carbonyl (C=O) groups is 2. The van der Waals surface area contributed by atoms with E-state index in [4.69, 9.17) is 0 Å². The molecule has 0 aromatic carbocycles. The first-order chi connectivity index (χ1) is 8.24. The zero-order valence-electron chi connectivity index (χ0n) is 8.91. The standard InChI is InChI=1S/C11H10N2O3S/c14-5-12-3-4-13-10(15)8-6-1-2-7(17-6)9(8)11(13)16/h1-2,6-9H,3-4H2. The number of likely N-dealkylation sites (tertiary alicyclic amines) is 1. The Bertz CT molecular complexity index is 439. The van der Waals surface area contributed by atoms with Gasteiger partial charge in [-0.2, -0.15) is 0 Å². The molecule has 88 valence electrons. The van der Waals surface area contributed by atoms with Crippen molar-refractivity contribution < 1.29 is 14.4 Å². The van der Waals surface area contributed by atoms with Crippen molar-refractivity contribution in [3.05, 3.63) is 12.2 Å². The van der Waals surface area contributed by atoms with Crippen LogP contribution in [0, 0.1) is 11.8 Å². The van der Waals surface area contributed by atoms with Gasteiger partial charge >= 0.3 is 0 Å². The molecule has 5 nitrogen and oxygen atoms in total. The Labute approximate surface area is 102 Å². The SMILES string of the molecule is O=C=NCCN1C(=O)C2C3C=CC(S3)C2C1=O. The second-order valence-electron chi connectivity index (χ2n) is 4.30. The number of carbonyl (C=O) groups excluding carboxylic acids is 3. The fraction of sp³-hybridized carbons (Fsp3) is 0.545. The molecule has 0 aromatic heterocycles. The van der Waals surface area contributed by atoms with E-state index in [1.54, 1.807) is 11.8 Å². The summed E-state index contributed by atoms with van der Waals surface area (Å²) in [6, 6.07) is 0. The van der Waals surface area contributed by atoms with Crippen molar-refractivity contribution in [3.63, 3.8) is 0 Å². The molecular weight excluding hydrogens is 240 g/mol. The zero-order valence-corrected chi connectivity index (χ0v) is 9.72. The van der Waals surface area contributed by atoms with Crippen LogP contribution in [0.1, 0.15) is 0 Å². The maximum absolute atomic E-state index is 12.1. The number of hydrogen-bond donors (Lipinski definition) is 0. The Kier molecular flexibility index (Phi) is 2.42. The van der Waals surface area contributed by atoms with Crippen LogP contribution in [0.3, 0.4) is 0 Å². The van der Waals surface area contributed by atoms with Crippen LogP contribution in [0.5, 0.6) is 0 Å². The second-order valence-corrected chi connectivity index (χ2v) is 5.66. The highest BCUT2D eigenvalue weighted by Gasteiger charge is 2.59. The molecule has 0 radical (unpaired) electrons. The monoisotopic (exact) mass is 250 g/mol. The van der Waals surface area contributed by atoms with Gasteiger partial charge < -0.3 is 0 Å². The third-order valence-corrected chi connectivity index (χ3v) is 5.03. The number of imide groups is 1. The number of isocyanates is 1. The van der Waals surface area contributed by atoms with Gasteiger partial charge in [-0.1, -0.05) is 12.2 Å². The third-order valence-electron chi connectivity index (χ3n) is 3.50. The highest BCUT2D eigenvalue weighted by Crippen LogP contribution is 2.52. The number of amides is 2. The molecule has 2 bridgehead atoms. The quantitative estimate of drug-likeness (QED) is 0.305. The maximum atomic E-state index is 12.1.